The van der Waals surface area contributed by atoms with E-state index in [-0.39, 0.29) is 11.3 Å². The summed E-state index contributed by atoms with van der Waals surface area (Å²) in [6.45, 7) is 10.9. The molecule has 2 saturated heterocycles. The standard InChI is InChI=1S/C26H33ClN4O2S/c1-25(2)13-20-14-26(3,16-25)17-31(20)23(32)19-6-4-18(5-7-19)15-34-24-28-21(27)12-22(29-24)30-8-10-33-11-9-30/h4-7,12,20H,8-11,13-17H2,1-3H3. The van der Waals surface area contributed by atoms with Crippen LogP contribution in [-0.4, -0.2) is 59.7 Å². The summed E-state index contributed by atoms with van der Waals surface area (Å²) in [6.07, 6.45) is 3.41. The molecule has 2 bridgehead atoms. The van der Waals surface area contributed by atoms with E-state index in [1.54, 1.807) is 11.8 Å². The molecule has 6 nitrogen and oxygen atoms in total. The number of aromatic nitrogens is 2. The SMILES string of the molecule is CC1(C)CC2CC(C)(CN2C(=O)c2ccc(CSc3nc(Cl)cc(N4CCOCC4)n3)cc2)C1. The Labute approximate surface area is 211 Å². The zero-order valence-corrected chi connectivity index (χ0v) is 21.8. The van der Waals surface area contributed by atoms with Gasteiger partial charge in [0, 0.05) is 43.1 Å². The molecule has 34 heavy (non-hydrogen) atoms. The van der Waals surface area contributed by atoms with Gasteiger partial charge in [0.1, 0.15) is 11.0 Å². The van der Waals surface area contributed by atoms with Crippen LogP contribution in [0, 0.1) is 10.8 Å². The number of likely N-dealkylation sites (tertiary alicyclic amines) is 1. The zero-order chi connectivity index (χ0) is 23.9. The molecule has 1 saturated carbocycles. The lowest BCUT2D eigenvalue weighted by atomic mass is 9.65. The maximum atomic E-state index is 13.3. The van der Waals surface area contributed by atoms with Crippen molar-refractivity contribution >= 4 is 35.1 Å². The number of carbonyl (C=O) groups excluding carboxylic acids is 1. The van der Waals surface area contributed by atoms with Gasteiger partial charge < -0.3 is 14.5 Å². The molecule has 0 radical (unpaired) electrons. The maximum Gasteiger partial charge on any atom is 0.254 e. The van der Waals surface area contributed by atoms with Gasteiger partial charge in [-0.15, -0.1) is 0 Å². The van der Waals surface area contributed by atoms with Crippen LogP contribution in [0.2, 0.25) is 5.15 Å². The van der Waals surface area contributed by atoms with Crippen molar-refractivity contribution in [2.24, 2.45) is 10.8 Å². The minimum absolute atomic E-state index is 0.166. The van der Waals surface area contributed by atoms with Crippen molar-refractivity contribution in [1.82, 2.24) is 14.9 Å². The Kier molecular flexibility index (Phi) is 6.55. The molecule has 1 amide bonds. The highest BCUT2D eigenvalue weighted by Gasteiger charge is 2.51. The first-order valence-corrected chi connectivity index (χ1v) is 13.5. The lowest BCUT2D eigenvalue weighted by Crippen LogP contribution is -2.37. The van der Waals surface area contributed by atoms with Crippen molar-refractivity contribution in [1.29, 1.82) is 0 Å². The number of benzene rings is 1. The molecular formula is C26H33ClN4O2S. The number of morpholine rings is 1. The van der Waals surface area contributed by atoms with E-state index < -0.39 is 0 Å². The second-order valence-electron chi connectivity index (χ2n) is 11.1. The smallest absolute Gasteiger partial charge is 0.254 e. The third kappa shape index (κ3) is 5.21. The van der Waals surface area contributed by atoms with Gasteiger partial charge >= 0.3 is 0 Å². The molecule has 182 valence electrons. The molecule has 2 aliphatic heterocycles. The van der Waals surface area contributed by atoms with Crippen molar-refractivity contribution in [3.05, 3.63) is 46.6 Å². The second kappa shape index (κ2) is 9.32. The van der Waals surface area contributed by atoms with E-state index in [0.29, 0.717) is 35.0 Å². The molecule has 3 fully saturated rings. The molecule has 3 aliphatic rings. The number of fused-ring (bicyclic) bond motifs is 2. The van der Waals surface area contributed by atoms with E-state index >= 15 is 0 Å². The number of halogens is 1. The average molecular weight is 501 g/mol. The first kappa shape index (κ1) is 23.9. The molecule has 5 rings (SSSR count). The normalized spacial score (nSPS) is 26.1. The number of anilines is 1. The number of thioether (sulfide) groups is 1. The number of ether oxygens (including phenoxy) is 1. The summed E-state index contributed by atoms with van der Waals surface area (Å²) < 4.78 is 5.43. The highest BCUT2D eigenvalue weighted by atomic mass is 35.5. The van der Waals surface area contributed by atoms with Crippen LogP contribution in [0.25, 0.3) is 0 Å². The van der Waals surface area contributed by atoms with Crippen LogP contribution in [0.15, 0.2) is 35.5 Å². The van der Waals surface area contributed by atoms with Crippen molar-refractivity contribution in [3.8, 4) is 0 Å². The largest absolute Gasteiger partial charge is 0.378 e. The van der Waals surface area contributed by atoms with Crippen molar-refractivity contribution in [2.45, 2.75) is 57.0 Å². The molecule has 1 aliphatic carbocycles. The Bertz CT molecular complexity index is 1060. The first-order valence-electron chi connectivity index (χ1n) is 12.1. The van der Waals surface area contributed by atoms with Gasteiger partial charge in [-0.3, -0.25) is 4.79 Å². The van der Waals surface area contributed by atoms with E-state index in [1.165, 1.54) is 6.42 Å². The number of nitrogens with zero attached hydrogens (tertiary/aromatic N) is 4. The average Bonchev–Trinajstić information content (AvgIpc) is 3.06. The van der Waals surface area contributed by atoms with Crippen LogP contribution < -0.4 is 4.90 Å². The van der Waals surface area contributed by atoms with Gasteiger partial charge in [0.15, 0.2) is 5.16 Å². The van der Waals surface area contributed by atoms with Gasteiger partial charge in [-0.2, -0.15) is 0 Å². The molecule has 3 heterocycles. The topological polar surface area (TPSA) is 58.6 Å². The second-order valence-corrected chi connectivity index (χ2v) is 12.4. The summed E-state index contributed by atoms with van der Waals surface area (Å²) in [6, 6.07) is 10.2. The lowest BCUT2D eigenvalue weighted by Gasteiger charge is -2.39. The van der Waals surface area contributed by atoms with Crippen LogP contribution in [0.5, 0.6) is 0 Å². The molecular weight excluding hydrogens is 468 g/mol. The predicted octanol–water partition coefficient (Wildman–Crippen LogP) is 5.30. The molecule has 1 aromatic carbocycles. The van der Waals surface area contributed by atoms with E-state index in [2.05, 4.69) is 35.6 Å². The Morgan fingerprint density at radius 1 is 1.15 bits per heavy atom. The van der Waals surface area contributed by atoms with Crippen LogP contribution in [0.3, 0.4) is 0 Å². The van der Waals surface area contributed by atoms with E-state index in [0.717, 1.165) is 55.2 Å². The molecule has 0 spiro atoms. The molecule has 0 N–H and O–H groups in total. The quantitative estimate of drug-likeness (QED) is 0.315. The Morgan fingerprint density at radius 3 is 2.62 bits per heavy atom. The monoisotopic (exact) mass is 500 g/mol. The molecule has 1 aromatic heterocycles. The Hall–Kier alpha value is -1.83. The fourth-order valence-electron chi connectivity index (χ4n) is 6.16. The van der Waals surface area contributed by atoms with Crippen LogP contribution in [-0.2, 0) is 10.5 Å². The fourth-order valence-corrected chi connectivity index (χ4v) is 7.20. The number of rotatable bonds is 5. The number of amides is 1. The minimum atomic E-state index is 0.166. The van der Waals surface area contributed by atoms with E-state index in [4.69, 9.17) is 21.3 Å². The van der Waals surface area contributed by atoms with Gasteiger partial charge in [0.2, 0.25) is 0 Å². The number of hydrogen-bond donors (Lipinski definition) is 0. The zero-order valence-electron chi connectivity index (χ0n) is 20.2. The van der Waals surface area contributed by atoms with Crippen molar-refractivity contribution in [3.63, 3.8) is 0 Å². The number of carbonyl (C=O) groups is 1. The van der Waals surface area contributed by atoms with Gasteiger partial charge in [0.25, 0.3) is 5.91 Å². The van der Waals surface area contributed by atoms with Crippen molar-refractivity contribution < 1.29 is 9.53 Å². The fraction of sp³-hybridized carbons (Fsp3) is 0.577. The van der Waals surface area contributed by atoms with Gasteiger partial charge in [0.05, 0.1) is 13.2 Å². The number of hydrogen-bond acceptors (Lipinski definition) is 6. The summed E-state index contributed by atoms with van der Waals surface area (Å²) in [5.41, 5.74) is 2.45. The van der Waals surface area contributed by atoms with E-state index in [1.807, 2.05) is 30.3 Å². The van der Waals surface area contributed by atoms with Crippen LogP contribution in [0.1, 0.15) is 56.0 Å². The molecule has 2 unspecified atom stereocenters. The summed E-state index contributed by atoms with van der Waals surface area (Å²) in [5, 5.41) is 1.11. The van der Waals surface area contributed by atoms with Gasteiger partial charge in [-0.25, -0.2) is 9.97 Å². The van der Waals surface area contributed by atoms with Gasteiger partial charge in [-0.05, 0) is 47.8 Å². The third-order valence-electron chi connectivity index (χ3n) is 7.24. The highest BCUT2D eigenvalue weighted by molar-refractivity contribution is 7.98. The van der Waals surface area contributed by atoms with Crippen LogP contribution >= 0.6 is 23.4 Å². The van der Waals surface area contributed by atoms with Crippen molar-refractivity contribution in [2.75, 3.05) is 37.7 Å². The molecule has 2 aromatic rings. The third-order valence-corrected chi connectivity index (χ3v) is 8.35. The maximum absolute atomic E-state index is 13.3. The minimum Gasteiger partial charge on any atom is -0.378 e. The highest BCUT2D eigenvalue weighted by Crippen LogP contribution is 2.52. The first-order chi connectivity index (χ1) is 16.2. The predicted molar refractivity (Wildman–Crippen MR) is 137 cm³/mol. The Balaban J connectivity index is 1.22. The Morgan fingerprint density at radius 2 is 1.88 bits per heavy atom. The van der Waals surface area contributed by atoms with Gasteiger partial charge in [-0.1, -0.05) is 56.3 Å². The summed E-state index contributed by atoms with van der Waals surface area (Å²) >= 11 is 7.83. The lowest BCUT2D eigenvalue weighted by molar-refractivity contribution is 0.0708. The summed E-state index contributed by atoms with van der Waals surface area (Å²) in [4.78, 5) is 26.7. The summed E-state index contributed by atoms with van der Waals surface area (Å²) in [7, 11) is 0. The molecule has 8 heteroatoms. The van der Waals surface area contributed by atoms with E-state index in [9.17, 15) is 4.79 Å². The van der Waals surface area contributed by atoms with Crippen LogP contribution in [0.4, 0.5) is 5.82 Å². The molecule has 2 atom stereocenters. The summed E-state index contributed by atoms with van der Waals surface area (Å²) in [5.74, 6) is 1.73.